The Morgan fingerprint density at radius 2 is 1.02 bits per heavy atom. The average Bonchev–Trinajstić information content (AvgIpc) is 2.94. The Labute approximate surface area is 244 Å². The minimum atomic E-state index is -3.97. The van der Waals surface area contributed by atoms with Crippen molar-refractivity contribution >= 4 is 37.6 Å². The Balaban J connectivity index is 1.30. The van der Waals surface area contributed by atoms with Gasteiger partial charge in [0.25, 0.3) is 0 Å². The van der Waals surface area contributed by atoms with Gasteiger partial charge in [-0.05, 0) is 71.8 Å². The molecular formula is C29H28N2O9S2. The van der Waals surface area contributed by atoms with E-state index in [2.05, 4.69) is 10.6 Å². The van der Waals surface area contributed by atoms with Gasteiger partial charge < -0.3 is 28.5 Å². The Bertz CT molecular complexity index is 1720. The molecule has 4 aromatic carbocycles. The van der Waals surface area contributed by atoms with E-state index >= 15 is 0 Å². The van der Waals surface area contributed by atoms with E-state index in [-0.39, 0.29) is 28.7 Å². The van der Waals surface area contributed by atoms with Crippen LogP contribution in [0.3, 0.4) is 0 Å². The van der Waals surface area contributed by atoms with E-state index < -0.39 is 26.3 Å². The quantitative estimate of drug-likeness (QED) is 0.207. The predicted octanol–water partition coefficient (Wildman–Crippen LogP) is 5.17. The number of carbonyl (C=O) groups is 1. The fourth-order valence-electron chi connectivity index (χ4n) is 3.72. The summed E-state index contributed by atoms with van der Waals surface area (Å²) < 4.78 is 70.4. The largest absolute Gasteiger partial charge is 0.497 e. The molecule has 0 saturated heterocycles. The highest BCUT2D eigenvalue weighted by Crippen LogP contribution is 2.23. The molecule has 4 aromatic rings. The molecule has 0 atom stereocenters. The number of ether oxygens (including phenoxy) is 2. The Hall–Kier alpha value is -4.75. The summed E-state index contributed by atoms with van der Waals surface area (Å²) in [6, 6.07) is 24.2. The van der Waals surface area contributed by atoms with Crippen molar-refractivity contribution in [3.8, 4) is 23.0 Å². The number of nitrogens with one attached hydrogen (secondary N) is 2. The van der Waals surface area contributed by atoms with Gasteiger partial charge in [0.05, 0.1) is 14.2 Å². The zero-order valence-corrected chi connectivity index (χ0v) is 24.3. The standard InChI is InChI=1S/C29H28N2O9S2/c1-37-25-12-6-21(7-13-25)19-41(33,34)39-27-16-10-23(11-17-27)30-29(32)31-24-4-3-5-28(18-24)40-42(35,36)20-22-8-14-26(38-2)15-9-22/h3-18H,19-20H2,1-2H3,(H2,30,31,32). The molecular weight excluding hydrogens is 584 g/mol. The highest BCUT2D eigenvalue weighted by Gasteiger charge is 2.16. The highest BCUT2D eigenvalue weighted by molar-refractivity contribution is 7.86. The molecule has 0 aromatic heterocycles. The van der Waals surface area contributed by atoms with Crippen LogP contribution in [0.5, 0.6) is 23.0 Å². The van der Waals surface area contributed by atoms with Crippen molar-refractivity contribution in [1.29, 1.82) is 0 Å². The summed E-state index contributed by atoms with van der Waals surface area (Å²) >= 11 is 0. The van der Waals surface area contributed by atoms with E-state index in [0.717, 1.165) is 0 Å². The van der Waals surface area contributed by atoms with Crippen molar-refractivity contribution in [1.82, 2.24) is 0 Å². The first-order valence-corrected chi connectivity index (χ1v) is 15.6. The molecule has 42 heavy (non-hydrogen) atoms. The lowest BCUT2D eigenvalue weighted by atomic mass is 10.2. The van der Waals surface area contributed by atoms with Crippen LogP contribution in [0.1, 0.15) is 11.1 Å². The maximum Gasteiger partial charge on any atom is 0.323 e. The third-order valence-corrected chi connectivity index (χ3v) is 7.92. The topological polar surface area (TPSA) is 146 Å². The van der Waals surface area contributed by atoms with Crippen LogP contribution in [0.2, 0.25) is 0 Å². The number of urea groups is 1. The van der Waals surface area contributed by atoms with Crippen LogP contribution in [0.15, 0.2) is 97.1 Å². The van der Waals surface area contributed by atoms with Gasteiger partial charge in [0, 0.05) is 17.4 Å². The number of methoxy groups -OCH3 is 2. The SMILES string of the molecule is COc1ccc(CS(=O)(=O)Oc2ccc(NC(=O)Nc3cccc(OS(=O)(=O)Cc4ccc(OC)cc4)c3)cc2)cc1. The Morgan fingerprint density at radius 1 is 0.571 bits per heavy atom. The predicted molar refractivity (Wildman–Crippen MR) is 158 cm³/mol. The molecule has 0 aliphatic rings. The van der Waals surface area contributed by atoms with E-state index in [9.17, 15) is 21.6 Å². The minimum Gasteiger partial charge on any atom is -0.497 e. The van der Waals surface area contributed by atoms with Gasteiger partial charge in [-0.25, -0.2) is 4.79 Å². The summed E-state index contributed by atoms with van der Waals surface area (Å²) in [6.07, 6.45) is 0. The van der Waals surface area contributed by atoms with Gasteiger partial charge in [-0.3, -0.25) is 0 Å². The first kappa shape index (κ1) is 30.2. The maximum atomic E-state index is 12.5. The first-order valence-electron chi connectivity index (χ1n) is 12.4. The number of benzene rings is 4. The van der Waals surface area contributed by atoms with E-state index in [4.69, 9.17) is 17.8 Å². The molecule has 13 heteroatoms. The number of hydrogen-bond donors (Lipinski definition) is 2. The third-order valence-electron chi connectivity index (χ3n) is 5.66. The molecule has 0 aliphatic carbocycles. The second kappa shape index (κ2) is 13.3. The van der Waals surface area contributed by atoms with Gasteiger partial charge in [-0.2, -0.15) is 16.8 Å². The van der Waals surface area contributed by atoms with Crippen molar-refractivity contribution in [2.24, 2.45) is 0 Å². The number of hydrogen-bond acceptors (Lipinski definition) is 9. The van der Waals surface area contributed by atoms with E-state index in [1.807, 2.05) is 0 Å². The summed E-state index contributed by atoms with van der Waals surface area (Å²) in [6.45, 7) is 0. The molecule has 0 heterocycles. The number of anilines is 2. The molecule has 2 N–H and O–H groups in total. The molecule has 0 saturated carbocycles. The smallest absolute Gasteiger partial charge is 0.323 e. The summed E-state index contributed by atoms with van der Waals surface area (Å²) in [5.41, 5.74) is 1.71. The van der Waals surface area contributed by atoms with Gasteiger partial charge in [0.1, 0.15) is 34.5 Å². The van der Waals surface area contributed by atoms with Gasteiger partial charge in [0.2, 0.25) is 0 Å². The molecule has 220 valence electrons. The van der Waals surface area contributed by atoms with Crippen LogP contribution in [-0.4, -0.2) is 37.1 Å². The van der Waals surface area contributed by atoms with Crippen molar-refractivity contribution in [2.45, 2.75) is 11.5 Å². The number of amides is 2. The lowest BCUT2D eigenvalue weighted by Crippen LogP contribution is -2.19. The monoisotopic (exact) mass is 612 g/mol. The molecule has 0 unspecified atom stereocenters. The lowest BCUT2D eigenvalue weighted by Gasteiger charge is -2.11. The zero-order valence-electron chi connectivity index (χ0n) is 22.6. The van der Waals surface area contributed by atoms with Crippen molar-refractivity contribution in [3.05, 3.63) is 108 Å². The van der Waals surface area contributed by atoms with Crippen molar-refractivity contribution in [2.75, 3.05) is 24.9 Å². The molecule has 0 fully saturated rings. The molecule has 0 bridgehead atoms. The summed E-state index contributed by atoms with van der Waals surface area (Å²) in [7, 11) is -4.85. The summed E-state index contributed by atoms with van der Waals surface area (Å²) in [5.74, 6) is 0.641. The van der Waals surface area contributed by atoms with E-state index in [1.54, 1.807) is 54.6 Å². The molecule has 11 nitrogen and oxygen atoms in total. The normalized spacial score (nSPS) is 11.3. The fourth-order valence-corrected chi connectivity index (χ4v) is 5.84. The maximum absolute atomic E-state index is 12.5. The van der Waals surface area contributed by atoms with E-state index in [0.29, 0.717) is 28.3 Å². The number of carbonyl (C=O) groups excluding carboxylic acids is 1. The van der Waals surface area contributed by atoms with Crippen LogP contribution in [0.4, 0.5) is 16.2 Å². The van der Waals surface area contributed by atoms with Crippen LogP contribution in [0.25, 0.3) is 0 Å². The third kappa shape index (κ3) is 9.14. The Morgan fingerprint density at radius 3 is 1.52 bits per heavy atom. The average molecular weight is 613 g/mol. The minimum absolute atomic E-state index is 0.0265. The van der Waals surface area contributed by atoms with Gasteiger partial charge >= 0.3 is 26.3 Å². The van der Waals surface area contributed by atoms with Crippen molar-refractivity contribution in [3.63, 3.8) is 0 Å². The zero-order chi connectivity index (χ0) is 30.2. The molecule has 0 spiro atoms. The summed E-state index contributed by atoms with van der Waals surface area (Å²) in [5, 5.41) is 5.20. The molecule has 4 rings (SSSR count). The Kier molecular flexibility index (Phi) is 9.55. The van der Waals surface area contributed by atoms with Crippen LogP contribution in [-0.2, 0) is 31.7 Å². The summed E-state index contributed by atoms with van der Waals surface area (Å²) in [4.78, 5) is 12.5. The van der Waals surface area contributed by atoms with Crippen molar-refractivity contribution < 1.29 is 39.5 Å². The van der Waals surface area contributed by atoms with Gasteiger partial charge in [-0.15, -0.1) is 0 Å². The lowest BCUT2D eigenvalue weighted by molar-refractivity contribution is 0.262. The number of rotatable bonds is 12. The van der Waals surface area contributed by atoms with Crippen LogP contribution in [0, 0.1) is 0 Å². The van der Waals surface area contributed by atoms with Gasteiger partial charge in [-0.1, -0.05) is 30.3 Å². The van der Waals surface area contributed by atoms with Crippen LogP contribution < -0.4 is 28.5 Å². The highest BCUT2D eigenvalue weighted by atomic mass is 32.2. The van der Waals surface area contributed by atoms with E-state index in [1.165, 1.54) is 56.7 Å². The molecule has 0 aliphatic heterocycles. The second-order valence-corrected chi connectivity index (χ2v) is 12.0. The fraction of sp³-hybridized carbons (Fsp3) is 0.138. The molecule has 2 amide bonds. The van der Waals surface area contributed by atoms with Gasteiger partial charge in [0.15, 0.2) is 0 Å². The van der Waals surface area contributed by atoms with Crippen LogP contribution >= 0.6 is 0 Å². The molecule has 0 radical (unpaired) electrons. The second-order valence-electron chi connectivity index (χ2n) is 8.90. The first-order chi connectivity index (χ1) is 20.0.